The van der Waals surface area contributed by atoms with Crippen LogP contribution < -0.4 is 0 Å². The number of fused-ring (bicyclic) bond motifs is 1. The summed E-state index contributed by atoms with van der Waals surface area (Å²) in [5, 5.41) is 10.3. The van der Waals surface area contributed by atoms with Gasteiger partial charge in [-0.15, -0.1) is 11.3 Å². The van der Waals surface area contributed by atoms with Gasteiger partial charge in [-0.3, -0.25) is 4.79 Å². The maximum atomic E-state index is 12.5. The van der Waals surface area contributed by atoms with E-state index >= 15 is 0 Å². The number of rotatable bonds is 4. The van der Waals surface area contributed by atoms with Crippen LogP contribution in [0.15, 0.2) is 24.3 Å². The Hall–Kier alpha value is -1.46. The molecule has 1 aromatic carbocycles. The van der Waals surface area contributed by atoms with Gasteiger partial charge in [0.2, 0.25) is 5.91 Å². The number of amides is 1. The van der Waals surface area contributed by atoms with E-state index in [9.17, 15) is 9.90 Å². The number of aryl methyl sites for hydroxylation is 1. The minimum Gasteiger partial charge on any atom is -0.396 e. The second kappa shape index (κ2) is 6.75. The van der Waals surface area contributed by atoms with Crippen molar-refractivity contribution in [2.24, 2.45) is 5.92 Å². The third-order valence-corrected chi connectivity index (χ3v) is 5.55. The minimum atomic E-state index is 0.175. The second-order valence-corrected chi connectivity index (χ2v) is 7.21. The monoisotopic (exact) mass is 318 g/mol. The van der Waals surface area contributed by atoms with Crippen LogP contribution in [0, 0.1) is 5.92 Å². The number of para-hydroxylation sites is 1. The molecule has 3 rings (SSSR count). The van der Waals surface area contributed by atoms with Gasteiger partial charge < -0.3 is 10.0 Å². The molecule has 0 saturated carbocycles. The summed E-state index contributed by atoms with van der Waals surface area (Å²) >= 11 is 1.67. The first kappa shape index (κ1) is 15.4. The van der Waals surface area contributed by atoms with Crippen LogP contribution in [0.1, 0.15) is 31.2 Å². The first-order valence-electron chi connectivity index (χ1n) is 7.92. The molecule has 4 nitrogen and oxygen atoms in total. The van der Waals surface area contributed by atoms with Crippen molar-refractivity contribution >= 4 is 27.5 Å². The van der Waals surface area contributed by atoms with Gasteiger partial charge in [0.1, 0.15) is 0 Å². The summed E-state index contributed by atoms with van der Waals surface area (Å²) < 4.78 is 1.18. The topological polar surface area (TPSA) is 53.4 Å². The molecule has 2 aromatic rings. The van der Waals surface area contributed by atoms with Gasteiger partial charge in [-0.2, -0.15) is 0 Å². The highest BCUT2D eigenvalue weighted by Crippen LogP contribution is 2.25. The van der Waals surface area contributed by atoms with E-state index in [4.69, 9.17) is 0 Å². The Morgan fingerprint density at radius 2 is 2.23 bits per heavy atom. The maximum absolute atomic E-state index is 12.5. The van der Waals surface area contributed by atoms with E-state index in [0.717, 1.165) is 23.4 Å². The highest BCUT2D eigenvalue weighted by atomic mass is 32.1. The van der Waals surface area contributed by atoms with E-state index in [0.29, 0.717) is 19.4 Å². The fourth-order valence-corrected chi connectivity index (χ4v) is 4.03. The van der Waals surface area contributed by atoms with E-state index < -0.39 is 0 Å². The number of carbonyl (C=O) groups excluding carboxylic acids is 1. The Kier molecular flexibility index (Phi) is 4.74. The van der Waals surface area contributed by atoms with Crippen molar-refractivity contribution in [3.8, 4) is 0 Å². The second-order valence-electron chi connectivity index (χ2n) is 6.10. The summed E-state index contributed by atoms with van der Waals surface area (Å²) in [6, 6.07) is 8.36. The quantitative estimate of drug-likeness (QED) is 0.943. The number of aliphatic hydroxyl groups is 1. The average Bonchev–Trinajstić information content (AvgIpc) is 2.96. The van der Waals surface area contributed by atoms with Gasteiger partial charge in [-0.25, -0.2) is 4.98 Å². The first-order valence-corrected chi connectivity index (χ1v) is 8.74. The van der Waals surface area contributed by atoms with E-state index in [-0.39, 0.29) is 24.5 Å². The average molecular weight is 318 g/mol. The zero-order chi connectivity index (χ0) is 15.5. The fourth-order valence-electron chi connectivity index (χ4n) is 3.06. The zero-order valence-electron chi connectivity index (χ0n) is 12.9. The van der Waals surface area contributed by atoms with Crippen LogP contribution in [0.4, 0.5) is 0 Å². The molecule has 0 bridgehead atoms. The van der Waals surface area contributed by atoms with Crippen LogP contribution in [-0.2, 0) is 11.2 Å². The molecule has 5 heteroatoms. The van der Waals surface area contributed by atoms with Crippen LogP contribution in [0.2, 0.25) is 0 Å². The first-order chi connectivity index (χ1) is 10.7. The van der Waals surface area contributed by atoms with E-state index in [1.807, 2.05) is 23.1 Å². The summed E-state index contributed by atoms with van der Waals surface area (Å²) in [5.41, 5.74) is 1.02. The minimum absolute atomic E-state index is 0.175. The lowest BCUT2D eigenvalue weighted by atomic mass is 9.94. The highest BCUT2D eigenvalue weighted by Gasteiger charge is 2.28. The lowest BCUT2D eigenvalue weighted by Gasteiger charge is -2.37. The van der Waals surface area contributed by atoms with Crippen LogP contribution >= 0.6 is 11.3 Å². The Balaban J connectivity index is 1.61. The van der Waals surface area contributed by atoms with Crippen molar-refractivity contribution in [3.05, 3.63) is 29.3 Å². The summed E-state index contributed by atoms with van der Waals surface area (Å²) in [5.74, 6) is 0.424. The molecule has 1 aromatic heterocycles. The Morgan fingerprint density at radius 3 is 3.00 bits per heavy atom. The number of likely N-dealkylation sites (tertiary alicyclic amines) is 1. The summed E-state index contributed by atoms with van der Waals surface area (Å²) in [6.45, 7) is 2.97. The van der Waals surface area contributed by atoms with Gasteiger partial charge >= 0.3 is 0 Å². The lowest BCUT2D eigenvalue weighted by Crippen LogP contribution is -2.46. The molecule has 1 amide bonds. The number of hydrogen-bond acceptors (Lipinski definition) is 4. The fraction of sp³-hybridized carbons (Fsp3) is 0.529. The van der Waals surface area contributed by atoms with Gasteiger partial charge in [0.15, 0.2) is 0 Å². The van der Waals surface area contributed by atoms with Crippen molar-refractivity contribution in [2.45, 2.75) is 38.6 Å². The molecule has 2 heterocycles. The molecule has 0 aliphatic carbocycles. The lowest BCUT2D eigenvalue weighted by molar-refractivity contribution is -0.135. The number of carbonyl (C=O) groups is 1. The molecular formula is C17H22N2O2S. The van der Waals surface area contributed by atoms with Gasteiger partial charge in [0, 0.05) is 32.0 Å². The van der Waals surface area contributed by atoms with Gasteiger partial charge in [0.25, 0.3) is 0 Å². The summed E-state index contributed by atoms with van der Waals surface area (Å²) in [4.78, 5) is 19.0. The Labute approximate surface area is 134 Å². The molecule has 1 aliphatic heterocycles. The smallest absolute Gasteiger partial charge is 0.223 e. The summed E-state index contributed by atoms with van der Waals surface area (Å²) in [7, 11) is 0. The number of thiazole rings is 1. The standard InChI is InChI=1S/C17H22N2O2S/c1-12-6-7-13(11-20)10-19(12)17(21)9-8-16-18-14-4-2-3-5-15(14)22-16/h2-5,12-13,20H,6-11H2,1H3. The zero-order valence-corrected chi connectivity index (χ0v) is 13.7. The molecule has 2 atom stereocenters. The molecule has 0 radical (unpaired) electrons. The SMILES string of the molecule is CC1CCC(CO)CN1C(=O)CCc1nc2ccccc2s1. The molecule has 2 unspecified atom stereocenters. The van der Waals surface area contributed by atoms with E-state index in [1.54, 1.807) is 11.3 Å². The number of aliphatic hydroxyl groups excluding tert-OH is 1. The predicted octanol–water partition coefficient (Wildman–Crippen LogP) is 2.85. The van der Waals surface area contributed by atoms with Gasteiger partial charge in [0.05, 0.1) is 15.2 Å². The number of aromatic nitrogens is 1. The molecule has 1 aliphatic rings. The molecule has 1 saturated heterocycles. The number of hydrogen-bond donors (Lipinski definition) is 1. The number of benzene rings is 1. The van der Waals surface area contributed by atoms with Crippen molar-refractivity contribution in [1.29, 1.82) is 0 Å². The molecule has 118 valence electrons. The highest BCUT2D eigenvalue weighted by molar-refractivity contribution is 7.18. The van der Waals surface area contributed by atoms with Crippen molar-refractivity contribution in [1.82, 2.24) is 9.88 Å². The summed E-state index contributed by atoms with van der Waals surface area (Å²) in [6.07, 6.45) is 3.20. The van der Waals surface area contributed by atoms with Crippen molar-refractivity contribution in [2.75, 3.05) is 13.2 Å². The third kappa shape index (κ3) is 3.31. The normalized spacial score (nSPS) is 22.2. The molecule has 0 spiro atoms. The molecule has 1 N–H and O–H groups in total. The number of piperidine rings is 1. The predicted molar refractivity (Wildman–Crippen MR) is 88.9 cm³/mol. The van der Waals surface area contributed by atoms with Gasteiger partial charge in [-0.05, 0) is 37.8 Å². The van der Waals surface area contributed by atoms with E-state index in [1.165, 1.54) is 4.70 Å². The van der Waals surface area contributed by atoms with Crippen molar-refractivity contribution in [3.63, 3.8) is 0 Å². The van der Waals surface area contributed by atoms with Gasteiger partial charge in [-0.1, -0.05) is 12.1 Å². The Morgan fingerprint density at radius 1 is 1.41 bits per heavy atom. The molecular weight excluding hydrogens is 296 g/mol. The van der Waals surface area contributed by atoms with Crippen LogP contribution in [-0.4, -0.2) is 40.1 Å². The van der Waals surface area contributed by atoms with Crippen LogP contribution in [0.3, 0.4) is 0 Å². The number of nitrogens with zero attached hydrogens (tertiary/aromatic N) is 2. The van der Waals surface area contributed by atoms with Crippen molar-refractivity contribution < 1.29 is 9.90 Å². The Bertz CT molecular complexity index is 622. The molecule has 1 fully saturated rings. The van der Waals surface area contributed by atoms with Crippen LogP contribution in [0.5, 0.6) is 0 Å². The largest absolute Gasteiger partial charge is 0.396 e. The van der Waals surface area contributed by atoms with Crippen LogP contribution in [0.25, 0.3) is 10.2 Å². The van der Waals surface area contributed by atoms with E-state index in [2.05, 4.69) is 18.0 Å². The molecule has 22 heavy (non-hydrogen) atoms. The third-order valence-electron chi connectivity index (χ3n) is 4.45. The maximum Gasteiger partial charge on any atom is 0.223 e.